The van der Waals surface area contributed by atoms with E-state index in [0.29, 0.717) is 37.0 Å². The van der Waals surface area contributed by atoms with E-state index in [9.17, 15) is 13.2 Å². The predicted molar refractivity (Wildman–Crippen MR) is 117 cm³/mol. The fourth-order valence-corrected chi connectivity index (χ4v) is 6.98. The Morgan fingerprint density at radius 2 is 1.97 bits per heavy atom. The fourth-order valence-electron chi connectivity index (χ4n) is 4.03. The lowest BCUT2D eigenvalue weighted by atomic mass is 10.2. The Morgan fingerprint density at radius 1 is 1.27 bits per heavy atom. The van der Waals surface area contributed by atoms with Gasteiger partial charge in [0.05, 0.1) is 23.7 Å². The van der Waals surface area contributed by atoms with Gasteiger partial charge in [0.2, 0.25) is 15.9 Å². The van der Waals surface area contributed by atoms with Crippen LogP contribution in [0.2, 0.25) is 0 Å². The van der Waals surface area contributed by atoms with Gasteiger partial charge in [-0.2, -0.15) is 9.40 Å². The first kappa shape index (κ1) is 21.5. The second kappa shape index (κ2) is 8.41. The molecule has 0 spiro atoms. The van der Waals surface area contributed by atoms with Crippen LogP contribution < -0.4 is 5.32 Å². The first-order chi connectivity index (χ1) is 14.3. The molecule has 2 aliphatic rings. The number of carbonyl (C=O) groups excluding carboxylic acids is 1. The number of nitrogens with zero attached hydrogens (tertiary/aromatic N) is 4. The van der Waals surface area contributed by atoms with Crippen molar-refractivity contribution in [2.24, 2.45) is 5.92 Å². The molecule has 3 heterocycles. The molecule has 2 aromatic rings. The third-order valence-electron chi connectivity index (χ3n) is 5.94. The molecule has 1 saturated heterocycles. The van der Waals surface area contributed by atoms with Crippen molar-refractivity contribution in [3.63, 3.8) is 0 Å². The van der Waals surface area contributed by atoms with Gasteiger partial charge >= 0.3 is 0 Å². The van der Waals surface area contributed by atoms with Gasteiger partial charge in [-0.1, -0.05) is 0 Å². The molecule has 164 valence electrons. The summed E-state index contributed by atoms with van der Waals surface area (Å²) in [5, 5.41) is 7.34. The summed E-state index contributed by atoms with van der Waals surface area (Å²) in [7, 11) is -3.48. The second-order valence-corrected chi connectivity index (χ2v) is 11.6. The zero-order valence-electron chi connectivity index (χ0n) is 17.7. The maximum Gasteiger partial charge on any atom is 0.244 e. The summed E-state index contributed by atoms with van der Waals surface area (Å²) in [5.74, 6) is 1.27. The SMILES string of the molecule is Cc1cc(S(=O)(=O)N2CCN(CC(=O)Nc3ccnn3C(C)C3CC3)CC2)c(C)s1. The largest absolute Gasteiger partial charge is 0.310 e. The van der Waals surface area contributed by atoms with E-state index in [1.54, 1.807) is 12.3 Å². The number of nitrogens with one attached hydrogen (secondary N) is 1. The van der Waals surface area contributed by atoms with Crippen molar-refractivity contribution in [2.75, 3.05) is 38.0 Å². The molecule has 1 amide bonds. The van der Waals surface area contributed by atoms with Crippen LogP contribution >= 0.6 is 11.3 Å². The number of aryl methyl sites for hydroxylation is 2. The molecule has 1 unspecified atom stereocenters. The van der Waals surface area contributed by atoms with Gasteiger partial charge in [-0.15, -0.1) is 11.3 Å². The molecule has 4 rings (SSSR count). The van der Waals surface area contributed by atoms with Gasteiger partial charge in [0.15, 0.2) is 0 Å². The number of sulfonamides is 1. The van der Waals surface area contributed by atoms with Crippen LogP contribution in [0.25, 0.3) is 0 Å². The Hall–Kier alpha value is -1.75. The van der Waals surface area contributed by atoms with Crippen LogP contribution in [-0.2, 0) is 14.8 Å². The van der Waals surface area contributed by atoms with E-state index in [1.165, 1.54) is 28.5 Å². The highest BCUT2D eigenvalue weighted by Gasteiger charge is 2.32. The zero-order valence-corrected chi connectivity index (χ0v) is 19.3. The first-order valence-electron chi connectivity index (χ1n) is 10.4. The quantitative estimate of drug-likeness (QED) is 0.699. The number of hydrogen-bond acceptors (Lipinski definition) is 6. The molecule has 2 fully saturated rings. The first-order valence-corrected chi connectivity index (χ1v) is 12.6. The molecule has 8 nitrogen and oxygen atoms in total. The Labute approximate surface area is 181 Å². The molecule has 1 N–H and O–H groups in total. The molecule has 30 heavy (non-hydrogen) atoms. The van der Waals surface area contributed by atoms with Crippen molar-refractivity contribution < 1.29 is 13.2 Å². The van der Waals surface area contributed by atoms with E-state index in [4.69, 9.17) is 0 Å². The third kappa shape index (κ3) is 4.46. The van der Waals surface area contributed by atoms with E-state index in [0.717, 1.165) is 15.6 Å². The molecule has 0 aromatic carbocycles. The number of aromatic nitrogens is 2. The van der Waals surface area contributed by atoms with E-state index in [1.807, 2.05) is 29.5 Å². The van der Waals surface area contributed by atoms with Crippen LogP contribution in [-0.4, -0.2) is 66.0 Å². The van der Waals surface area contributed by atoms with Crippen molar-refractivity contribution in [1.82, 2.24) is 19.0 Å². The van der Waals surface area contributed by atoms with Gasteiger partial charge in [-0.3, -0.25) is 9.69 Å². The molecule has 10 heteroatoms. The van der Waals surface area contributed by atoms with E-state index in [-0.39, 0.29) is 18.5 Å². The van der Waals surface area contributed by atoms with Gasteiger partial charge in [0.1, 0.15) is 5.82 Å². The number of thiophene rings is 1. The standard InChI is InChI=1S/C20H29N5O3S2/c1-14-12-18(16(3)29-14)30(27,28)24-10-8-23(9-11-24)13-20(26)22-19-6-7-21-25(19)15(2)17-4-5-17/h6-7,12,15,17H,4-5,8-11,13H2,1-3H3,(H,22,26). The van der Waals surface area contributed by atoms with Crippen molar-refractivity contribution >= 4 is 33.1 Å². The molecule has 1 atom stereocenters. The third-order valence-corrected chi connectivity index (χ3v) is 9.06. The monoisotopic (exact) mass is 451 g/mol. The summed E-state index contributed by atoms with van der Waals surface area (Å²) in [6.07, 6.45) is 4.14. The molecule has 0 radical (unpaired) electrons. The number of amides is 1. The average Bonchev–Trinajstić information content (AvgIpc) is 3.35. The summed E-state index contributed by atoms with van der Waals surface area (Å²) in [6, 6.07) is 3.86. The van der Waals surface area contributed by atoms with Crippen LogP contribution in [0.3, 0.4) is 0 Å². The van der Waals surface area contributed by atoms with Crippen LogP contribution in [0.15, 0.2) is 23.2 Å². The minimum absolute atomic E-state index is 0.0969. The number of anilines is 1. The highest BCUT2D eigenvalue weighted by molar-refractivity contribution is 7.89. The van der Waals surface area contributed by atoms with Gasteiger partial charge in [-0.05, 0) is 45.6 Å². The zero-order chi connectivity index (χ0) is 21.5. The second-order valence-electron chi connectivity index (χ2n) is 8.24. The molecular formula is C20H29N5O3S2. The Balaban J connectivity index is 1.31. The number of rotatable bonds is 7. The van der Waals surface area contributed by atoms with Crippen LogP contribution in [0, 0.1) is 19.8 Å². The van der Waals surface area contributed by atoms with Gasteiger partial charge in [-0.25, -0.2) is 13.1 Å². The number of piperazine rings is 1. The van der Waals surface area contributed by atoms with Gasteiger partial charge in [0.25, 0.3) is 0 Å². The van der Waals surface area contributed by atoms with Gasteiger partial charge < -0.3 is 5.32 Å². The molecular weight excluding hydrogens is 422 g/mol. The van der Waals surface area contributed by atoms with E-state index in [2.05, 4.69) is 17.3 Å². The maximum absolute atomic E-state index is 12.9. The Kier molecular flexibility index (Phi) is 6.02. The number of carbonyl (C=O) groups is 1. The molecule has 1 saturated carbocycles. The topological polar surface area (TPSA) is 87.5 Å². The highest BCUT2D eigenvalue weighted by Crippen LogP contribution is 2.40. The summed E-state index contributed by atoms with van der Waals surface area (Å²) < 4.78 is 29.3. The molecule has 1 aliphatic carbocycles. The highest BCUT2D eigenvalue weighted by atomic mass is 32.2. The van der Waals surface area contributed by atoms with Gasteiger partial charge in [0, 0.05) is 42.0 Å². The Bertz CT molecular complexity index is 1020. The van der Waals surface area contributed by atoms with Crippen molar-refractivity contribution in [3.8, 4) is 0 Å². The molecule has 1 aliphatic heterocycles. The molecule has 0 bridgehead atoms. The van der Waals surface area contributed by atoms with E-state index < -0.39 is 10.0 Å². The average molecular weight is 452 g/mol. The summed E-state index contributed by atoms with van der Waals surface area (Å²) in [5.41, 5.74) is 0. The fraction of sp³-hybridized carbons (Fsp3) is 0.600. The van der Waals surface area contributed by atoms with Crippen LogP contribution in [0.1, 0.15) is 35.6 Å². The maximum atomic E-state index is 12.9. The normalized spacial score (nSPS) is 19.7. The summed E-state index contributed by atoms with van der Waals surface area (Å²) in [6.45, 7) is 7.99. The van der Waals surface area contributed by atoms with E-state index >= 15 is 0 Å². The summed E-state index contributed by atoms with van der Waals surface area (Å²) >= 11 is 1.50. The lowest BCUT2D eigenvalue weighted by Crippen LogP contribution is -2.50. The lowest BCUT2D eigenvalue weighted by Gasteiger charge is -2.33. The van der Waals surface area contributed by atoms with Crippen LogP contribution in [0.5, 0.6) is 0 Å². The van der Waals surface area contributed by atoms with Crippen molar-refractivity contribution in [2.45, 2.75) is 44.6 Å². The van der Waals surface area contributed by atoms with Crippen LogP contribution in [0.4, 0.5) is 5.82 Å². The number of hydrogen-bond donors (Lipinski definition) is 1. The lowest BCUT2D eigenvalue weighted by molar-refractivity contribution is -0.117. The predicted octanol–water partition coefficient (Wildman–Crippen LogP) is 2.48. The van der Waals surface area contributed by atoms with Crippen molar-refractivity contribution in [3.05, 3.63) is 28.1 Å². The smallest absolute Gasteiger partial charge is 0.244 e. The summed E-state index contributed by atoms with van der Waals surface area (Å²) in [4.78, 5) is 16.8. The Morgan fingerprint density at radius 3 is 2.57 bits per heavy atom. The minimum atomic E-state index is -3.48. The molecule has 2 aromatic heterocycles. The van der Waals surface area contributed by atoms with Crippen molar-refractivity contribution in [1.29, 1.82) is 0 Å². The minimum Gasteiger partial charge on any atom is -0.310 e.